The molecule has 0 saturated carbocycles. The largest absolute Gasteiger partial charge is 0.497 e. The van der Waals surface area contributed by atoms with E-state index in [-0.39, 0.29) is 12.0 Å². The van der Waals surface area contributed by atoms with E-state index >= 15 is 0 Å². The Morgan fingerprint density at radius 2 is 1.80 bits per heavy atom. The predicted octanol–water partition coefficient (Wildman–Crippen LogP) is 7.35. The maximum atomic E-state index is 12.4. The first-order valence-electron chi connectivity index (χ1n) is 15.7. The molecule has 0 spiro atoms. The second-order valence-electron chi connectivity index (χ2n) is 13.2. The molecule has 1 saturated heterocycles. The molecule has 45 heavy (non-hydrogen) atoms. The van der Waals surface area contributed by atoms with Gasteiger partial charge in [0.05, 0.1) is 24.9 Å². The second kappa shape index (κ2) is 11.3. The third-order valence-electron chi connectivity index (χ3n) is 8.82. The summed E-state index contributed by atoms with van der Waals surface area (Å²) >= 11 is 0. The smallest absolute Gasteiger partial charge is 0.410 e. The number of likely N-dealkylation sites (tertiary alicyclic amines) is 1. The van der Waals surface area contributed by atoms with Crippen LogP contribution in [0.2, 0.25) is 0 Å². The van der Waals surface area contributed by atoms with Crippen LogP contribution in [0.4, 0.5) is 4.79 Å². The SMILES string of the molecule is COc1ccc(Cn2nc(-c3ccc(C4CN(C(=O)OC(C)(C)C)C4)nc3)c3nc(-c4cccc5c4CCC5)c(C)cc32)cc1. The van der Waals surface area contributed by atoms with E-state index in [1.54, 1.807) is 12.0 Å². The molecule has 1 aliphatic heterocycles. The van der Waals surface area contributed by atoms with E-state index < -0.39 is 5.60 Å². The molecule has 1 amide bonds. The van der Waals surface area contributed by atoms with Gasteiger partial charge in [-0.15, -0.1) is 0 Å². The number of amides is 1. The number of pyridine rings is 2. The van der Waals surface area contributed by atoms with Crippen molar-refractivity contribution in [3.05, 3.63) is 94.8 Å². The summed E-state index contributed by atoms with van der Waals surface area (Å²) in [5.74, 6) is 1.01. The second-order valence-corrected chi connectivity index (χ2v) is 13.2. The molecular weight excluding hydrogens is 562 g/mol. The highest BCUT2D eigenvalue weighted by Crippen LogP contribution is 2.37. The van der Waals surface area contributed by atoms with Crippen LogP contribution in [0.3, 0.4) is 0 Å². The quantitative estimate of drug-likeness (QED) is 0.202. The van der Waals surface area contributed by atoms with Crippen LogP contribution in [0.15, 0.2) is 66.9 Å². The van der Waals surface area contributed by atoms with Gasteiger partial charge in [0, 0.05) is 42.0 Å². The van der Waals surface area contributed by atoms with Crippen molar-refractivity contribution in [2.75, 3.05) is 20.2 Å². The number of methoxy groups -OCH3 is 1. The summed E-state index contributed by atoms with van der Waals surface area (Å²) < 4.78 is 12.9. The van der Waals surface area contributed by atoms with Gasteiger partial charge in [0.15, 0.2) is 0 Å². The highest BCUT2D eigenvalue weighted by molar-refractivity contribution is 5.92. The Morgan fingerprint density at radius 3 is 2.51 bits per heavy atom. The first-order valence-corrected chi connectivity index (χ1v) is 15.7. The fourth-order valence-electron chi connectivity index (χ4n) is 6.45. The van der Waals surface area contributed by atoms with Gasteiger partial charge in [-0.2, -0.15) is 5.10 Å². The molecule has 2 aromatic carbocycles. The first kappa shape index (κ1) is 29.0. The highest BCUT2D eigenvalue weighted by atomic mass is 16.6. The molecule has 0 radical (unpaired) electrons. The number of benzene rings is 2. The van der Waals surface area contributed by atoms with Gasteiger partial charge >= 0.3 is 6.09 Å². The van der Waals surface area contributed by atoms with E-state index in [9.17, 15) is 4.79 Å². The number of ether oxygens (including phenoxy) is 2. The monoisotopic (exact) mass is 601 g/mol. The summed E-state index contributed by atoms with van der Waals surface area (Å²) in [4.78, 5) is 24.3. The number of carbonyl (C=O) groups is 1. The van der Waals surface area contributed by atoms with Crippen molar-refractivity contribution in [2.24, 2.45) is 0 Å². The van der Waals surface area contributed by atoms with Crippen LogP contribution in [0.5, 0.6) is 5.75 Å². The van der Waals surface area contributed by atoms with Crippen LogP contribution in [0.25, 0.3) is 33.5 Å². The molecule has 3 aromatic heterocycles. The minimum absolute atomic E-state index is 0.184. The maximum Gasteiger partial charge on any atom is 0.410 e. The lowest BCUT2D eigenvalue weighted by Gasteiger charge is -2.39. The lowest BCUT2D eigenvalue weighted by Crippen LogP contribution is -2.50. The lowest BCUT2D eigenvalue weighted by atomic mass is 9.95. The van der Waals surface area contributed by atoms with Crippen molar-refractivity contribution in [2.45, 2.75) is 65.0 Å². The Morgan fingerprint density at radius 1 is 1.00 bits per heavy atom. The van der Waals surface area contributed by atoms with Gasteiger partial charge in [0.2, 0.25) is 0 Å². The zero-order chi connectivity index (χ0) is 31.3. The normalized spacial score (nSPS) is 14.8. The van der Waals surface area contributed by atoms with Gasteiger partial charge in [-0.1, -0.05) is 30.3 Å². The Labute approximate surface area is 264 Å². The van der Waals surface area contributed by atoms with Crippen molar-refractivity contribution < 1.29 is 14.3 Å². The first-order chi connectivity index (χ1) is 21.7. The number of hydrogen-bond donors (Lipinski definition) is 0. The van der Waals surface area contributed by atoms with E-state index in [4.69, 9.17) is 24.5 Å². The molecule has 1 aliphatic carbocycles. The molecule has 8 heteroatoms. The zero-order valence-electron chi connectivity index (χ0n) is 26.6. The van der Waals surface area contributed by atoms with Gasteiger partial charge < -0.3 is 14.4 Å². The molecule has 0 bridgehead atoms. The number of aryl methyl sites for hydroxylation is 2. The minimum atomic E-state index is -0.505. The molecule has 4 heterocycles. The van der Waals surface area contributed by atoms with E-state index in [0.29, 0.717) is 19.6 Å². The van der Waals surface area contributed by atoms with Crippen LogP contribution in [0.1, 0.15) is 61.1 Å². The number of carbonyl (C=O) groups excluding carboxylic acids is 1. The van der Waals surface area contributed by atoms with E-state index in [1.807, 2.05) is 43.8 Å². The van der Waals surface area contributed by atoms with Crippen molar-refractivity contribution in [3.8, 4) is 28.3 Å². The Bertz CT molecular complexity index is 1880. The molecule has 5 aromatic rings. The van der Waals surface area contributed by atoms with Crippen molar-refractivity contribution in [3.63, 3.8) is 0 Å². The third kappa shape index (κ3) is 5.65. The Hall–Kier alpha value is -4.72. The van der Waals surface area contributed by atoms with E-state index in [0.717, 1.165) is 63.4 Å². The number of hydrogen-bond acceptors (Lipinski definition) is 6. The van der Waals surface area contributed by atoms with Crippen LogP contribution >= 0.6 is 0 Å². The molecule has 230 valence electrons. The van der Waals surface area contributed by atoms with Crippen molar-refractivity contribution >= 4 is 17.1 Å². The fraction of sp³-hybridized carbons (Fsp3) is 0.351. The summed E-state index contributed by atoms with van der Waals surface area (Å²) in [6.07, 6.45) is 5.03. The van der Waals surface area contributed by atoms with Crippen LogP contribution in [-0.4, -0.2) is 56.5 Å². The number of fused-ring (bicyclic) bond motifs is 2. The van der Waals surface area contributed by atoms with Gasteiger partial charge in [0.1, 0.15) is 22.6 Å². The van der Waals surface area contributed by atoms with Gasteiger partial charge in [-0.25, -0.2) is 9.78 Å². The van der Waals surface area contributed by atoms with Gasteiger partial charge in [-0.3, -0.25) is 9.67 Å². The molecule has 0 N–H and O–H groups in total. The molecule has 8 nitrogen and oxygen atoms in total. The summed E-state index contributed by atoms with van der Waals surface area (Å²) in [6, 6.07) is 21.1. The lowest BCUT2D eigenvalue weighted by molar-refractivity contribution is 0.00787. The number of nitrogens with zero attached hydrogens (tertiary/aromatic N) is 5. The minimum Gasteiger partial charge on any atom is -0.497 e. The highest BCUT2D eigenvalue weighted by Gasteiger charge is 2.35. The summed E-state index contributed by atoms with van der Waals surface area (Å²) in [5.41, 5.74) is 11.4. The molecule has 1 fully saturated rings. The van der Waals surface area contributed by atoms with Gasteiger partial charge in [0.25, 0.3) is 0 Å². The number of aromatic nitrogens is 4. The molecule has 0 atom stereocenters. The van der Waals surface area contributed by atoms with E-state index in [2.05, 4.69) is 55.5 Å². The fourth-order valence-corrected chi connectivity index (χ4v) is 6.45. The standard InChI is InChI=1S/C37H39N5O3/c1-23-18-32-35(39-33(23)30-11-7-9-25-8-6-10-29(25)30)34(40-42(32)20-24-12-15-28(44-5)16-13-24)26-14-17-31(38-19-26)27-21-41(22-27)36(43)45-37(2,3)4/h7,9,11-19,27H,6,8,10,20-22H2,1-5H3. The van der Waals surface area contributed by atoms with Crippen LogP contribution < -0.4 is 4.74 Å². The summed E-state index contributed by atoms with van der Waals surface area (Å²) in [6.45, 7) is 9.62. The Balaban J connectivity index is 1.24. The molecule has 0 unspecified atom stereocenters. The predicted molar refractivity (Wildman–Crippen MR) is 176 cm³/mol. The zero-order valence-corrected chi connectivity index (χ0v) is 26.6. The molecule has 2 aliphatic rings. The molecule has 7 rings (SSSR count). The molecular formula is C37H39N5O3. The van der Waals surface area contributed by atoms with Gasteiger partial charge in [-0.05, 0) is 99.5 Å². The average Bonchev–Trinajstić information content (AvgIpc) is 3.61. The van der Waals surface area contributed by atoms with Crippen LogP contribution in [0, 0.1) is 6.92 Å². The number of rotatable bonds is 6. The summed E-state index contributed by atoms with van der Waals surface area (Å²) in [7, 11) is 1.68. The maximum absolute atomic E-state index is 12.4. The Kier molecular flexibility index (Phi) is 7.30. The van der Waals surface area contributed by atoms with Crippen LogP contribution in [-0.2, 0) is 24.1 Å². The topological polar surface area (TPSA) is 82.4 Å². The third-order valence-corrected chi connectivity index (χ3v) is 8.82. The average molecular weight is 602 g/mol. The summed E-state index contributed by atoms with van der Waals surface area (Å²) in [5, 5.41) is 5.14. The van der Waals surface area contributed by atoms with Crippen molar-refractivity contribution in [1.82, 2.24) is 24.6 Å². The van der Waals surface area contributed by atoms with E-state index in [1.165, 1.54) is 23.1 Å². The van der Waals surface area contributed by atoms with Crippen molar-refractivity contribution in [1.29, 1.82) is 0 Å².